The Morgan fingerprint density at radius 3 is 2.68 bits per heavy atom. The summed E-state index contributed by atoms with van der Waals surface area (Å²) in [6.45, 7) is 6.12. The van der Waals surface area contributed by atoms with Crippen LogP contribution in [0.15, 0.2) is 41.8 Å². The number of nitrogens with one attached hydrogen (secondary N) is 1. The van der Waals surface area contributed by atoms with Crippen molar-refractivity contribution in [3.8, 4) is 5.75 Å². The standard InChI is InChI=1S/C16H21NOS/c1-13-9-12-19-16(13)14(2)17-10-6-11-18-15-7-4-3-5-8-15/h3-5,7-9,12,14,17H,6,10-11H2,1-2H3. The number of rotatable bonds is 7. The summed E-state index contributed by atoms with van der Waals surface area (Å²) >= 11 is 1.82. The quantitative estimate of drug-likeness (QED) is 0.766. The number of benzene rings is 1. The molecule has 1 N–H and O–H groups in total. The largest absolute Gasteiger partial charge is 0.494 e. The van der Waals surface area contributed by atoms with E-state index in [-0.39, 0.29) is 0 Å². The van der Waals surface area contributed by atoms with Gasteiger partial charge in [0.2, 0.25) is 0 Å². The Balaban J connectivity index is 1.63. The molecule has 2 aromatic rings. The van der Waals surface area contributed by atoms with E-state index >= 15 is 0 Å². The molecular weight excluding hydrogens is 254 g/mol. The van der Waals surface area contributed by atoms with Crippen molar-refractivity contribution in [3.63, 3.8) is 0 Å². The molecule has 0 spiro atoms. The Kier molecular flexibility index (Phi) is 5.43. The summed E-state index contributed by atoms with van der Waals surface area (Å²) in [7, 11) is 0. The first kappa shape index (κ1) is 14.1. The van der Waals surface area contributed by atoms with Gasteiger partial charge in [-0.3, -0.25) is 0 Å². The van der Waals surface area contributed by atoms with Crippen LogP contribution in [-0.2, 0) is 0 Å². The van der Waals surface area contributed by atoms with Crippen LogP contribution in [0, 0.1) is 6.92 Å². The van der Waals surface area contributed by atoms with Crippen LogP contribution in [0.25, 0.3) is 0 Å². The topological polar surface area (TPSA) is 21.3 Å². The monoisotopic (exact) mass is 275 g/mol. The van der Waals surface area contributed by atoms with Crippen molar-refractivity contribution in [2.24, 2.45) is 0 Å². The SMILES string of the molecule is Cc1ccsc1C(C)NCCCOc1ccccc1. The molecule has 0 saturated carbocycles. The van der Waals surface area contributed by atoms with Gasteiger partial charge in [0, 0.05) is 10.9 Å². The molecule has 0 bridgehead atoms. The maximum atomic E-state index is 5.66. The highest BCUT2D eigenvalue weighted by molar-refractivity contribution is 7.10. The fraction of sp³-hybridized carbons (Fsp3) is 0.375. The minimum absolute atomic E-state index is 0.428. The zero-order valence-electron chi connectivity index (χ0n) is 11.6. The van der Waals surface area contributed by atoms with Gasteiger partial charge in [-0.25, -0.2) is 0 Å². The summed E-state index contributed by atoms with van der Waals surface area (Å²) in [6.07, 6.45) is 1.02. The van der Waals surface area contributed by atoms with Gasteiger partial charge in [-0.2, -0.15) is 0 Å². The smallest absolute Gasteiger partial charge is 0.119 e. The minimum Gasteiger partial charge on any atom is -0.494 e. The lowest BCUT2D eigenvalue weighted by Gasteiger charge is -2.13. The van der Waals surface area contributed by atoms with Gasteiger partial charge < -0.3 is 10.1 Å². The molecule has 1 heterocycles. The van der Waals surface area contributed by atoms with E-state index in [0.717, 1.165) is 25.3 Å². The summed E-state index contributed by atoms with van der Waals surface area (Å²) in [5.74, 6) is 0.949. The van der Waals surface area contributed by atoms with Crippen molar-refractivity contribution in [2.45, 2.75) is 26.3 Å². The first-order valence-corrected chi connectivity index (χ1v) is 7.60. The third kappa shape index (κ3) is 4.37. The first-order valence-electron chi connectivity index (χ1n) is 6.72. The molecule has 1 aromatic carbocycles. The van der Waals surface area contributed by atoms with Crippen molar-refractivity contribution in [1.82, 2.24) is 5.32 Å². The second-order valence-electron chi connectivity index (χ2n) is 4.66. The fourth-order valence-electron chi connectivity index (χ4n) is 2.02. The molecule has 0 radical (unpaired) electrons. The van der Waals surface area contributed by atoms with E-state index in [4.69, 9.17) is 4.74 Å². The number of ether oxygens (including phenoxy) is 1. The zero-order valence-corrected chi connectivity index (χ0v) is 12.4. The molecule has 0 fully saturated rings. The highest BCUT2D eigenvalue weighted by atomic mass is 32.1. The predicted octanol–water partition coefficient (Wildman–Crippen LogP) is 4.18. The highest BCUT2D eigenvalue weighted by Crippen LogP contribution is 2.23. The van der Waals surface area contributed by atoms with Crippen LogP contribution in [0.1, 0.15) is 29.8 Å². The molecule has 1 aromatic heterocycles. The van der Waals surface area contributed by atoms with Crippen LogP contribution in [-0.4, -0.2) is 13.2 Å². The van der Waals surface area contributed by atoms with Gasteiger partial charge in [0.1, 0.15) is 5.75 Å². The summed E-state index contributed by atoms with van der Waals surface area (Å²) in [4.78, 5) is 1.43. The lowest BCUT2D eigenvalue weighted by Crippen LogP contribution is -2.21. The molecule has 0 amide bonds. The van der Waals surface area contributed by atoms with Crippen molar-refractivity contribution in [3.05, 3.63) is 52.2 Å². The van der Waals surface area contributed by atoms with E-state index in [9.17, 15) is 0 Å². The molecule has 2 nitrogen and oxygen atoms in total. The number of hydrogen-bond acceptors (Lipinski definition) is 3. The van der Waals surface area contributed by atoms with Gasteiger partial charge in [0.15, 0.2) is 0 Å². The second kappa shape index (κ2) is 7.31. The van der Waals surface area contributed by atoms with Crippen molar-refractivity contribution < 1.29 is 4.74 Å². The van der Waals surface area contributed by atoms with Crippen molar-refractivity contribution >= 4 is 11.3 Å². The Labute approximate surface area is 119 Å². The van der Waals surface area contributed by atoms with Gasteiger partial charge in [-0.1, -0.05) is 18.2 Å². The number of thiophene rings is 1. The molecule has 102 valence electrons. The average Bonchev–Trinajstić information content (AvgIpc) is 2.86. The van der Waals surface area contributed by atoms with Crippen molar-refractivity contribution in [1.29, 1.82) is 0 Å². The molecule has 0 aliphatic carbocycles. The maximum absolute atomic E-state index is 5.66. The van der Waals surface area contributed by atoms with E-state index < -0.39 is 0 Å². The van der Waals surface area contributed by atoms with E-state index in [1.54, 1.807) is 0 Å². The average molecular weight is 275 g/mol. The molecule has 0 aliphatic heterocycles. The van der Waals surface area contributed by atoms with Crippen LogP contribution >= 0.6 is 11.3 Å². The zero-order chi connectivity index (χ0) is 13.5. The summed E-state index contributed by atoms with van der Waals surface area (Å²) in [6, 6.07) is 12.6. The highest BCUT2D eigenvalue weighted by Gasteiger charge is 2.08. The van der Waals surface area contributed by atoms with Crippen LogP contribution in [0.3, 0.4) is 0 Å². The third-order valence-corrected chi connectivity index (χ3v) is 4.28. The van der Waals surface area contributed by atoms with Crippen LogP contribution in [0.2, 0.25) is 0 Å². The lowest BCUT2D eigenvalue weighted by molar-refractivity contribution is 0.306. The summed E-state index contributed by atoms with van der Waals surface area (Å²) < 4.78 is 5.66. The Bertz CT molecular complexity index is 481. The molecule has 3 heteroatoms. The van der Waals surface area contributed by atoms with Crippen LogP contribution in [0.4, 0.5) is 0 Å². The van der Waals surface area contributed by atoms with Crippen LogP contribution in [0.5, 0.6) is 5.75 Å². The Morgan fingerprint density at radius 1 is 1.21 bits per heavy atom. The normalized spacial score (nSPS) is 12.3. The minimum atomic E-state index is 0.428. The Morgan fingerprint density at radius 2 is 2.00 bits per heavy atom. The number of hydrogen-bond donors (Lipinski definition) is 1. The molecule has 0 aliphatic rings. The predicted molar refractivity (Wildman–Crippen MR) is 82.0 cm³/mol. The lowest BCUT2D eigenvalue weighted by atomic mass is 10.2. The molecule has 19 heavy (non-hydrogen) atoms. The van der Waals surface area contributed by atoms with Gasteiger partial charge in [-0.05, 0) is 56.0 Å². The fourth-order valence-corrected chi connectivity index (χ4v) is 2.98. The molecule has 2 rings (SSSR count). The molecular formula is C16H21NOS. The van der Waals surface area contributed by atoms with Gasteiger partial charge in [0.25, 0.3) is 0 Å². The van der Waals surface area contributed by atoms with E-state index in [0.29, 0.717) is 6.04 Å². The maximum Gasteiger partial charge on any atom is 0.119 e. The van der Waals surface area contributed by atoms with Gasteiger partial charge in [-0.15, -0.1) is 11.3 Å². The summed E-state index contributed by atoms with van der Waals surface area (Å²) in [5.41, 5.74) is 1.38. The Hall–Kier alpha value is -1.32. The number of para-hydroxylation sites is 1. The van der Waals surface area contributed by atoms with E-state index in [1.807, 2.05) is 41.7 Å². The second-order valence-corrected chi connectivity index (χ2v) is 5.61. The summed E-state index contributed by atoms with van der Waals surface area (Å²) in [5, 5.41) is 5.70. The molecule has 1 atom stereocenters. The molecule has 0 saturated heterocycles. The van der Waals surface area contributed by atoms with Gasteiger partial charge in [0.05, 0.1) is 6.61 Å². The van der Waals surface area contributed by atoms with E-state index in [2.05, 4.69) is 30.6 Å². The van der Waals surface area contributed by atoms with Gasteiger partial charge >= 0.3 is 0 Å². The van der Waals surface area contributed by atoms with Crippen LogP contribution < -0.4 is 10.1 Å². The van der Waals surface area contributed by atoms with Crippen molar-refractivity contribution in [2.75, 3.05) is 13.2 Å². The van der Waals surface area contributed by atoms with E-state index in [1.165, 1.54) is 10.4 Å². The third-order valence-electron chi connectivity index (χ3n) is 3.08. The number of aryl methyl sites for hydroxylation is 1. The first-order chi connectivity index (χ1) is 9.27. The molecule has 1 unspecified atom stereocenters.